The number of aryl methyl sites for hydroxylation is 2. The Morgan fingerprint density at radius 1 is 0.569 bits per heavy atom. The Balaban J connectivity index is 0.000000226. The number of fused-ring (bicyclic) bond motifs is 3. The minimum Gasteiger partial charge on any atom is -0.304 e. The third-order valence-corrected chi connectivity index (χ3v) is 8.91. The van der Waals surface area contributed by atoms with Crippen molar-refractivity contribution in [2.45, 2.75) is 68.2 Å². The van der Waals surface area contributed by atoms with Crippen molar-refractivity contribution in [2.75, 3.05) is 0 Å². The fourth-order valence-electron chi connectivity index (χ4n) is 6.48. The number of benzene rings is 5. The summed E-state index contributed by atoms with van der Waals surface area (Å²) in [4.78, 5) is 9.23. The van der Waals surface area contributed by atoms with Gasteiger partial charge in [0.25, 0.3) is 0 Å². The first-order valence-electron chi connectivity index (χ1n) is 17.7. The molecule has 51 heavy (non-hydrogen) atoms. The molecule has 0 saturated carbocycles. The van der Waals surface area contributed by atoms with E-state index in [1.807, 2.05) is 18.5 Å². The van der Waals surface area contributed by atoms with Crippen LogP contribution in [0.15, 0.2) is 122 Å². The van der Waals surface area contributed by atoms with Gasteiger partial charge in [-0.25, -0.2) is 0 Å². The molecule has 5 aromatic carbocycles. The van der Waals surface area contributed by atoms with E-state index in [0.29, 0.717) is 5.41 Å². The van der Waals surface area contributed by atoms with E-state index < -0.39 is 0 Å². The average Bonchev–Trinajstić information content (AvgIpc) is 3.09. The number of nitrogens with zero attached hydrogens (tertiary/aromatic N) is 2. The van der Waals surface area contributed by atoms with Gasteiger partial charge in [0, 0.05) is 32.5 Å². The molecule has 0 N–H and O–H groups in total. The van der Waals surface area contributed by atoms with Crippen molar-refractivity contribution in [3.05, 3.63) is 156 Å². The molecule has 0 atom stereocenters. The van der Waals surface area contributed by atoms with Crippen LogP contribution in [0, 0.1) is 36.8 Å². The van der Waals surface area contributed by atoms with Crippen LogP contribution in [0.25, 0.3) is 55.2 Å². The normalized spacial score (nSPS) is 11.5. The third kappa shape index (κ3) is 9.67. The second kappa shape index (κ2) is 15.9. The minimum atomic E-state index is 0. The van der Waals surface area contributed by atoms with Gasteiger partial charge < -0.3 is 9.97 Å². The molecular weight excluding hydrogens is 797 g/mol. The predicted octanol–water partition coefficient (Wildman–Crippen LogP) is 12.9. The van der Waals surface area contributed by atoms with Gasteiger partial charge in [-0.15, -0.1) is 65.2 Å². The van der Waals surface area contributed by atoms with Gasteiger partial charge in [0.2, 0.25) is 0 Å². The summed E-state index contributed by atoms with van der Waals surface area (Å²) >= 11 is 0. The molecule has 2 aromatic heterocycles. The van der Waals surface area contributed by atoms with E-state index >= 15 is 0 Å². The van der Waals surface area contributed by atoms with E-state index in [4.69, 9.17) is 4.98 Å². The second-order valence-electron chi connectivity index (χ2n) is 16.0. The van der Waals surface area contributed by atoms with Gasteiger partial charge >= 0.3 is 0 Å². The van der Waals surface area contributed by atoms with E-state index in [9.17, 15) is 0 Å². The smallest absolute Gasteiger partial charge is 0.0193 e. The van der Waals surface area contributed by atoms with Crippen molar-refractivity contribution in [1.82, 2.24) is 9.97 Å². The quantitative estimate of drug-likeness (QED) is 0.127. The van der Waals surface area contributed by atoms with Crippen LogP contribution in [-0.2, 0) is 32.9 Å². The van der Waals surface area contributed by atoms with Gasteiger partial charge in [0.15, 0.2) is 0 Å². The van der Waals surface area contributed by atoms with Crippen molar-refractivity contribution in [1.29, 1.82) is 0 Å². The Labute approximate surface area is 318 Å². The number of rotatable bonds is 5. The van der Waals surface area contributed by atoms with Gasteiger partial charge in [-0.2, -0.15) is 0 Å². The van der Waals surface area contributed by atoms with Crippen LogP contribution >= 0.6 is 0 Å². The first-order chi connectivity index (χ1) is 23.8. The molecule has 7 aromatic rings. The van der Waals surface area contributed by atoms with Crippen LogP contribution in [0.5, 0.6) is 0 Å². The van der Waals surface area contributed by atoms with Crippen LogP contribution in [0.1, 0.15) is 63.8 Å². The molecule has 0 bridgehead atoms. The molecule has 0 amide bonds. The van der Waals surface area contributed by atoms with E-state index in [-0.39, 0.29) is 25.5 Å². The maximum absolute atomic E-state index is 4.70. The number of aromatic nitrogens is 2. The molecule has 0 saturated heterocycles. The van der Waals surface area contributed by atoms with E-state index in [1.165, 1.54) is 54.9 Å². The largest absolute Gasteiger partial charge is 0.304 e. The Morgan fingerprint density at radius 3 is 1.82 bits per heavy atom. The molecule has 0 aliphatic carbocycles. The Bertz CT molecular complexity index is 2220. The number of hydrogen-bond donors (Lipinski definition) is 0. The molecule has 3 heteroatoms. The van der Waals surface area contributed by atoms with Crippen LogP contribution in [0.4, 0.5) is 0 Å². The van der Waals surface area contributed by atoms with Gasteiger partial charge in [-0.1, -0.05) is 138 Å². The first-order valence-corrected chi connectivity index (χ1v) is 17.7. The van der Waals surface area contributed by atoms with Crippen molar-refractivity contribution in [2.24, 2.45) is 10.8 Å². The van der Waals surface area contributed by atoms with Crippen molar-refractivity contribution < 1.29 is 20.1 Å². The molecule has 0 unspecified atom stereocenters. The summed E-state index contributed by atoms with van der Waals surface area (Å²) in [5, 5.41) is 5.12. The van der Waals surface area contributed by atoms with E-state index in [0.717, 1.165) is 35.4 Å². The molecule has 0 aliphatic heterocycles. The number of hydrogen-bond acceptors (Lipinski definition) is 2. The van der Waals surface area contributed by atoms with E-state index in [2.05, 4.69) is 176 Å². The predicted molar refractivity (Wildman–Crippen MR) is 213 cm³/mol. The van der Waals surface area contributed by atoms with Gasteiger partial charge in [-0.05, 0) is 74.7 Å². The molecule has 2 nitrogen and oxygen atoms in total. The summed E-state index contributed by atoms with van der Waals surface area (Å²) in [5.41, 5.74) is 12.2. The monoisotopic (exact) mass is 845 g/mol. The molecule has 1 radical (unpaired) electrons. The van der Waals surface area contributed by atoms with Crippen molar-refractivity contribution in [3.63, 3.8) is 0 Å². The zero-order chi connectivity index (χ0) is 35.5. The summed E-state index contributed by atoms with van der Waals surface area (Å²) in [5.74, 6) is 0. The molecule has 7 rings (SSSR count). The maximum atomic E-state index is 4.70. The van der Waals surface area contributed by atoms with Crippen LogP contribution in [-0.4, -0.2) is 9.97 Å². The Kier molecular flexibility index (Phi) is 11.8. The fraction of sp³-hybridized carbons (Fsp3) is 0.250. The summed E-state index contributed by atoms with van der Waals surface area (Å²) in [7, 11) is 0. The van der Waals surface area contributed by atoms with Gasteiger partial charge in [0.1, 0.15) is 0 Å². The fourth-order valence-corrected chi connectivity index (χ4v) is 6.48. The SMILES string of the molecule is Cc1c[c-]c(-c2ccc(CC(C)(C)C)cn2)cc1.Cc1cnc(-c2[c-]cc(-c3cc4ccccc4c4ccccc34)cc2)cc1CC(C)(C)C.[Ir]. The molecule has 0 spiro atoms. The van der Waals surface area contributed by atoms with Crippen LogP contribution in [0.3, 0.4) is 0 Å². The standard InChI is InChI=1S/C31H28N.C17H20N.Ir/c1-21-20-32-30(18-25(21)19-31(2,3)4)23-15-13-22(14-16-23)29-17-24-9-5-6-10-26(24)27-11-7-8-12-28(27)29;1-13-5-8-15(9-6-13)16-10-7-14(12-18-16)11-17(2,3)4;/h5-15,17-18,20H,19H2,1-4H3;5-8,10,12H,11H2,1-4H3;/q2*-1;. The summed E-state index contributed by atoms with van der Waals surface area (Å²) in [6, 6.07) is 45.5. The topological polar surface area (TPSA) is 25.8 Å². The van der Waals surface area contributed by atoms with Crippen molar-refractivity contribution >= 4 is 21.5 Å². The molecule has 0 aliphatic rings. The summed E-state index contributed by atoms with van der Waals surface area (Å²) < 4.78 is 0. The summed E-state index contributed by atoms with van der Waals surface area (Å²) in [6.45, 7) is 17.8. The Hall–Kier alpha value is -4.43. The molecule has 261 valence electrons. The van der Waals surface area contributed by atoms with Crippen molar-refractivity contribution in [3.8, 4) is 33.6 Å². The Morgan fingerprint density at radius 2 is 1.20 bits per heavy atom. The molecular formula is C48H48IrN2-2. The molecule has 2 heterocycles. The van der Waals surface area contributed by atoms with Gasteiger partial charge in [0.05, 0.1) is 0 Å². The number of pyridine rings is 2. The van der Waals surface area contributed by atoms with Gasteiger partial charge in [-0.3, -0.25) is 0 Å². The van der Waals surface area contributed by atoms with Crippen LogP contribution in [0.2, 0.25) is 0 Å². The first kappa shape index (κ1) is 37.8. The third-order valence-electron chi connectivity index (χ3n) is 8.91. The second-order valence-corrected chi connectivity index (χ2v) is 16.0. The zero-order valence-corrected chi connectivity index (χ0v) is 33.6. The zero-order valence-electron chi connectivity index (χ0n) is 31.2. The summed E-state index contributed by atoms with van der Waals surface area (Å²) in [6.07, 6.45) is 6.07. The molecule has 0 fully saturated rings. The maximum Gasteiger partial charge on any atom is 0.0193 e. The minimum absolute atomic E-state index is 0. The van der Waals surface area contributed by atoms with Crippen LogP contribution < -0.4 is 0 Å². The average molecular weight is 845 g/mol. The van der Waals surface area contributed by atoms with E-state index in [1.54, 1.807) is 0 Å².